The number of carbonyl (C=O) groups excluding carboxylic acids is 1. The zero-order valence-electron chi connectivity index (χ0n) is 20.5. The first-order valence-electron chi connectivity index (χ1n) is 12.5. The van der Waals surface area contributed by atoms with Crippen LogP contribution in [0.5, 0.6) is 0 Å². The fraction of sp³-hybridized carbons (Fsp3) is 0.556. The molecule has 0 bridgehead atoms. The summed E-state index contributed by atoms with van der Waals surface area (Å²) in [6.07, 6.45) is 5.63. The maximum Gasteiger partial charge on any atom is 0.230 e. The topological polar surface area (TPSA) is 66.9 Å². The summed E-state index contributed by atoms with van der Waals surface area (Å²) in [6, 6.07) is 10.4. The number of benzene rings is 1. The number of carbonyl (C=O) groups is 1. The molecule has 0 spiro atoms. The molecule has 0 unspecified atom stereocenters. The van der Waals surface area contributed by atoms with Crippen LogP contribution >= 0.6 is 0 Å². The summed E-state index contributed by atoms with van der Waals surface area (Å²) < 4.78 is 11.3. The number of nitrogens with one attached hydrogen (secondary N) is 1. The van der Waals surface area contributed by atoms with Gasteiger partial charge in [-0.05, 0) is 69.7 Å². The quantitative estimate of drug-likeness (QED) is 0.705. The number of nitrogens with zero attached hydrogens (tertiary/aromatic N) is 3. The van der Waals surface area contributed by atoms with Crippen LogP contribution in [0.1, 0.15) is 45.1 Å². The first-order valence-corrected chi connectivity index (χ1v) is 12.5. The maximum absolute atomic E-state index is 14.0. The van der Waals surface area contributed by atoms with Gasteiger partial charge in [-0.25, -0.2) is 4.98 Å². The largest absolute Gasteiger partial charge is 0.379 e. The van der Waals surface area contributed by atoms with Crippen LogP contribution in [0.4, 0.5) is 22.9 Å². The number of fused-ring (bicyclic) bond motifs is 2. The lowest BCUT2D eigenvalue weighted by Crippen LogP contribution is -2.41. The van der Waals surface area contributed by atoms with Crippen LogP contribution in [0.15, 0.2) is 36.5 Å². The highest BCUT2D eigenvalue weighted by Gasteiger charge is 2.37. The van der Waals surface area contributed by atoms with E-state index < -0.39 is 0 Å². The minimum atomic E-state index is -0.148. The monoisotopic (exact) mass is 464 g/mol. The van der Waals surface area contributed by atoms with Gasteiger partial charge in [-0.3, -0.25) is 4.79 Å². The predicted molar refractivity (Wildman–Crippen MR) is 135 cm³/mol. The highest BCUT2D eigenvalue weighted by molar-refractivity contribution is 6.00. The fourth-order valence-electron chi connectivity index (χ4n) is 5.55. The van der Waals surface area contributed by atoms with E-state index in [9.17, 15) is 4.79 Å². The molecule has 3 heterocycles. The van der Waals surface area contributed by atoms with E-state index in [0.29, 0.717) is 12.5 Å². The zero-order valence-corrected chi connectivity index (χ0v) is 20.5. The second-order valence-corrected chi connectivity index (χ2v) is 10.2. The van der Waals surface area contributed by atoms with Crippen molar-refractivity contribution in [3.63, 3.8) is 0 Å². The smallest absolute Gasteiger partial charge is 0.230 e. The highest BCUT2D eigenvalue weighted by atomic mass is 16.5. The van der Waals surface area contributed by atoms with Gasteiger partial charge < -0.3 is 24.6 Å². The average Bonchev–Trinajstić information content (AvgIpc) is 3.05. The molecule has 0 radical (unpaired) electrons. The van der Waals surface area contributed by atoms with Gasteiger partial charge in [0, 0.05) is 43.6 Å². The zero-order chi connectivity index (χ0) is 23.7. The number of hydrogen-bond acceptors (Lipinski definition) is 6. The summed E-state index contributed by atoms with van der Waals surface area (Å²) in [4.78, 5) is 22.9. The van der Waals surface area contributed by atoms with Crippen molar-refractivity contribution in [1.82, 2.24) is 4.98 Å². The van der Waals surface area contributed by atoms with Gasteiger partial charge in [-0.1, -0.05) is 6.07 Å². The third kappa shape index (κ3) is 4.51. The molecule has 0 atom stereocenters. The number of ether oxygens (including phenoxy) is 2. The maximum atomic E-state index is 14.0. The summed E-state index contributed by atoms with van der Waals surface area (Å²) in [5.74, 6) is 1.55. The van der Waals surface area contributed by atoms with Gasteiger partial charge in [0.15, 0.2) is 0 Å². The Morgan fingerprint density at radius 3 is 2.65 bits per heavy atom. The number of hydrogen-bond donors (Lipinski definition) is 1. The molecule has 1 N–H and O–H groups in total. The molecule has 2 fully saturated rings. The lowest BCUT2D eigenvalue weighted by Gasteiger charge is -2.39. The second-order valence-electron chi connectivity index (χ2n) is 10.2. The Balaban J connectivity index is 1.44. The number of anilines is 4. The summed E-state index contributed by atoms with van der Waals surface area (Å²) in [5, 5.41) is 3.49. The number of pyridine rings is 1. The molecule has 182 valence electrons. The first-order chi connectivity index (χ1) is 16.5. The molecule has 1 saturated carbocycles. The fourth-order valence-corrected chi connectivity index (χ4v) is 5.55. The SMILES string of the molecule is COC(C)(C)[C@H]1CC[C@H](C(=O)N2Cc3cccnc3Nc3ccc(N4CCOCC4)cc32)CC1. The Hall–Kier alpha value is -2.64. The molecule has 5 rings (SSSR count). The van der Waals surface area contributed by atoms with Crippen LogP contribution < -0.4 is 15.1 Å². The molecule has 7 heteroatoms. The molecule has 1 amide bonds. The minimum absolute atomic E-state index is 0.0296. The van der Waals surface area contributed by atoms with E-state index in [4.69, 9.17) is 9.47 Å². The summed E-state index contributed by atoms with van der Waals surface area (Å²) in [6.45, 7) is 8.03. The Morgan fingerprint density at radius 2 is 1.91 bits per heavy atom. The molecule has 2 aliphatic heterocycles. The predicted octanol–water partition coefficient (Wildman–Crippen LogP) is 4.74. The van der Waals surface area contributed by atoms with Gasteiger partial charge in [-0.15, -0.1) is 0 Å². The number of rotatable bonds is 4. The molecule has 1 aliphatic carbocycles. The average molecular weight is 465 g/mol. The Kier molecular flexibility index (Phi) is 6.49. The molecule has 1 aromatic heterocycles. The molecular formula is C27H36N4O3. The van der Waals surface area contributed by atoms with E-state index in [1.54, 1.807) is 13.3 Å². The third-order valence-electron chi connectivity index (χ3n) is 7.97. The number of morpholine rings is 1. The van der Waals surface area contributed by atoms with Crippen LogP contribution in [0, 0.1) is 11.8 Å². The van der Waals surface area contributed by atoms with Crippen molar-refractivity contribution in [2.45, 2.75) is 51.7 Å². The Labute approximate surface area is 202 Å². The van der Waals surface area contributed by atoms with Gasteiger partial charge in [0.25, 0.3) is 0 Å². The van der Waals surface area contributed by atoms with Crippen LogP contribution in [0.25, 0.3) is 0 Å². The van der Waals surface area contributed by atoms with Crippen molar-refractivity contribution >= 4 is 28.8 Å². The van der Waals surface area contributed by atoms with Crippen LogP contribution in [-0.4, -0.2) is 49.9 Å². The van der Waals surface area contributed by atoms with E-state index in [1.807, 2.05) is 11.0 Å². The van der Waals surface area contributed by atoms with Gasteiger partial charge >= 0.3 is 0 Å². The summed E-state index contributed by atoms with van der Waals surface area (Å²) in [5.41, 5.74) is 3.88. The molecule has 34 heavy (non-hydrogen) atoms. The van der Waals surface area contributed by atoms with Gasteiger partial charge in [0.2, 0.25) is 5.91 Å². The second kappa shape index (κ2) is 9.55. The number of aromatic nitrogens is 1. The van der Waals surface area contributed by atoms with Crippen molar-refractivity contribution in [2.75, 3.05) is 48.5 Å². The van der Waals surface area contributed by atoms with E-state index in [2.05, 4.69) is 53.3 Å². The van der Waals surface area contributed by atoms with Crippen molar-refractivity contribution in [2.24, 2.45) is 11.8 Å². The van der Waals surface area contributed by atoms with Crippen molar-refractivity contribution in [3.8, 4) is 0 Å². The van der Waals surface area contributed by atoms with Crippen molar-refractivity contribution < 1.29 is 14.3 Å². The number of amides is 1. The van der Waals surface area contributed by atoms with Crippen LogP contribution in [0.3, 0.4) is 0 Å². The molecular weight excluding hydrogens is 428 g/mol. The molecule has 3 aliphatic rings. The van der Waals surface area contributed by atoms with Gasteiger partial charge in [0.05, 0.1) is 36.7 Å². The summed E-state index contributed by atoms with van der Waals surface area (Å²) in [7, 11) is 1.79. The van der Waals surface area contributed by atoms with E-state index in [1.165, 1.54) is 0 Å². The van der Waals surface area contributed by atoms with Crippen LogP contribution in [0.2, 0.25) is 0 Å². The summed E-state index contributed by atoms with van der Waals surface area (Å²) >= 11 is 0. The van der Waals surface area contributed by atoms with Gasteiger partial charge in [0.1, 0.15) is 5.82 Å². The molecule has 7 nitrogen and oxygen atoms in total. The van der Waals surface area contributed by atoms with E-state index >= 15 is 0 Å². The third-order valence-corrected chi connectivity index (χ3v) is 7.97. The normalized spacial score (nSPS) is 22.9. The Morgan fingerprint density at radius 1 is 1.15 bits per heavy atom. The standard InChI is InChI=1S/C27H36N4O3/c1-27(2,33-3)21-8-6-19(7-9-21)26(32)31-18-20-5-4-12-28-25(20)29-23-11-10-22(17-24(23)31)30-13-15-34-16-14-30/h4-5,10-12,17,19,21H,6-9,13-16,18H2,1-3H3,(H,28,29)/t19-,21-. The van der Waals surface area contributed by atoms with E-state index in [-0.39, 0.29) is 17.4 Å². The molecule has 1 saturated heterocycles. The van der Waals surface area contributed by atoms with Gasteiger partial charge in [-0.2, -0.15) is 0 Å². The highest BCUT2D eigenvalue weighted by Crippen LogP contribution is 2.42. The lowest BCUT2D eigenvalue weighted by atomic mass is 9.74. The lowest BCUT2D eigenvalue weighted by molar-refractivity contribution is -0.125. The Bertz CT molecular complexity index is 1030. The minimum Gasteiger partial charge on any atom is -0.379 e. The molecule has 1 aromatic carbocycles. The van der Waals surface area contributed by atoms with Crippen molar-refractivity contribution in [3.05, 3.63) is 42.1 Å². The first kappa shape index (κ1) is 23.1. The van der Waals surface area contributed by atoms with Crippen LogP contribution in [-0.2, 0) is 20.8 Å². The molecule has 2 aromatic rings. The van der Waals surface area contributed by atoms with Crippen molar-refractivity contribution in [1.29, 1.82) is 0 Å². The van der Waals surface area contributed by atoms with E-state index in [0.717, 1.165) is 80.4 Å². The number of methoxy groups -OCH3 is 1.